The summed E-state index contributed by atoms with van der Waals surface area (Å²) in [6.07, 6.45) is -1.16. The Balaban J connectivity index is 1.53. The molecule has 2 aliphatic heterocycles. The van der Waals surface area contributed by atoms with Gasteiger partial charge < -0.3 is 56.0 Å². The van der Waals surface area contributed by atoms with E-state index in [1.165, 1.54) is 31.2 Å². The van der Waals surface area contributed by atoms with E-state index in [0.717, 1.165) is 10.1 Å². The minimum absolute atomic E-state index is 0.0252. The molecule has 2 aliphatic rings. The molecular formula is C47H72N10O12. The minimum Gasteiger partial charge on any atom is -0.480 e. The highest BCUT2D eigenvalue weighted by Crippen LogP contribution is 2.43. The molecule has 5 rings (SSSR count). The molecule has 2 fully saturated rings. The van der Waals surface area contributed by atoms with Crippen molar-refractivity contribution in [3.8, 4) is 11.3 Å². The fraction of sp³-hybridized carbons (Fsp3) is 0.660. The Morgan fingerprint density at radius 3 is 2.43 bits per heavy atom. The van der Waals surface area contributed by atoms with Crippen LogP contribution in [-0.4, -0.2) is 145 Å². The SMILES string of the molecule is CCO[C@@H](O[C@@H]1[C@@H](C)C(=O)[C@@H](C)C(=O)O[C@H](CC)[C@@]2(n3ccc(N)nc3=O)OC(=O)N(CCCCn3cc(-c4cccc(N)c4)nn3)[C@@H]2[C@@H](C)NC[C@H](C)C[C@@]1(C)OC)C(O)C(CC)NCC(=O)O. The van der Waals surface area contributed by atoms with Crippen LogP contribution in [0.15, 0.2) is 47.5 Å². The van der Waals surface area contributed by atoms with Crippen LogP contribution >= 0.6 is 0 Å². The van der Waals surface area contributed by atoms with Gasteiger partial charge in [0, 0.05) is 62.3 Å². The van der Waals surface area contributed by atoms with Gasteiger partial charge in [0.1, 0.15) is 29.6 Å². The number of carbonyl (C=O) groups excluding carboxylic acids is 3. The van der Waals surface area contributed by atoms with Crippen LogP contribution in [0.4, 0.5) is 16.3 Å². The number of hydrogen-bond donors (Lipinski definition) is 6. The lowest BCUT2D eigenvalue weighted by molar-refractivity contribution is -0.262. The largest absolute Gasteiger partial charge is 0.480 e. The standard InChI is InChI=1S/C47H72N10O12/c1-10-33(51-25-37(58)59)39(61)43(66-12-3)68-41-28(5)38(60)29(6)42(62)67-35(11-2)47(57-21-18-36(49)52-44(57)63)40(30(7)50-24-27(4)23-46(41,8)65-9)56(45(64)69-47)20-14-13-19-55-26-34(53-54-55)31-16-15-17-32(48)22-31/h15-18,21-22,26-30,33,35,39-41,43,50-51,61H,10-14,19-20,23-25,48H2,1-9H3,(H,58,59)(H2,49,52,63)/t27-,28+,29-,30-,33?,35-,39?,40-,41-,43+,46-,47-/m1/s1. The maximum Gasteiger partial charge on any atom is 0.412 e. The molecule has 69 heavy (non-hydrogen) atoms. The van der Waals surface area contributed by atoms with E-state index in [-0.39, 0.29) is 37.7 Å². The van der Waals surface area contributed by atoms with E-state index in [9.17, 15) is 34.2 Å². The van der Waals surface area contributed by atoms with Crippen molar-refractivity contribution in [2.45, 2.75) is 148 Å². The van der Waals surface area contributed by atoms with Crippen molar-refractivity contribution in [3.05, 3.63) is 53.2 Å². The molecule has 1 aromatic carbocycles. The first kappa shape index (κ1) is 54.4. The van der Waals surface area contributed by atoms with Gasteiger partial charge in [0.25, 0.3) is 5.72 Å². The summed E-state index contributed by atoms with van der Waals surface area (Å²) in [6.45, 7) is 14.4. The molecule has 22 nitrogen and oxygen atoms in total. The van der Waals surface area contributed by atoms with Gasteiger partial charge in [-0.3, -0.25) is 28.5 Å². The van der Waals surface area contributed by atoms with Crippen molar-refractivity contribution < 1.29 is 53.1 Å². The van der Waals surface area contributed by atoms with Crippen LogP contribution in [0.25, 0.3) is 11.3 Å². The second-order valence-corrected chi connectivity index (χ2v) is 18.4. The van der Waals surface area contributed by atoms with Crippen LogP contribution in [0.3, 0.4) is 0 Å². The van der Waals surface area contributed by atoms with Gasteiger partial charge in [0.05, 0.1) is 24.4 Å². The molecular weight excluding hydrogens is 897 g/mol. The summed E-state index contributed by atoms with van der Waals surface area (Å²) >= 11 is 0. The number of hydrogen-bond acceptors (Lipinski definition) is 18. The van der Waals surface area contributed by atoms with Gasteiger partial charge in [0.2, 0.25) is 0 Å². The lowest BCUT2D eigenvalue weighted by Gasteiger charge is -2.44. The number of nitrogens with one attached hydrogen (secondary N) is 2. The Labute approximate surface area is 402 Å². The number of anilines is 2. The Morgan fingerprint density at radius 1 is 1.07 bits per heavy atom. The maximum absolute atomic E-state index is 14.7. The predicted molar refractivity (Wildman–Crippen MR) is 253 cm³/mol. The third-order valence-corrected chi connectivity index (χ3v) is 13.3. The lowest BCUT2D eigenvalue weighted by Crippen LogP contribution is -2.65. The fourth-order valence-electron chi connectivity index (χ4n) is 9.71. The van der Waals surface area contributed by atoms with Crippen molar-refractivity contribution >= 4 is 35.3 Å². The molecule has 382 valence electrons. The zero-order chi connectivity index (χ0) is 50.8. The number of nitrogen functional groups attached to an aromatic ring is 2. The quantitative estimate of drug-likeness (QED) is 0.0331. The maximum atomic E-state index is 14.7. The summed E-state index contributed by atoms with van der Waals surface area (Å²) in [5.41, 5.74) is 9.91. The number of cyclic esters (lactones) is 1. The molecule has 0 spiro atoms. The van der Waals surface area contributed by atoms with E-state index >= 15 is 0 Å². The molecule has 0 saturated carbocycles. The monoisotopic (exact) mass is 969 g/mol. The first-order chi connectivity index (χ1) is 32.7. The van der Waals surface area contributed by atoms with E-state index < -0.39 is 102 Å². The Morgan fingerprint density at radius 2 is 1.80 bits per heavy atom. The van der Waals surface area contributed by atoms with Crippen molar-refractivity contribution in [1.29, 1.82) is 0 Å². The molecule has 12 atom stereocenters. The number of unbranched alkanes of at least 4 members (excludes halogenated alkanes) is 1. The number of carbonyl (C=O) groups is 4. The number of carboxylic acid groups (broad SMARTS) is 1. The van der Waals surface area contributed by atoms with Crippen molar-refractivity contribution in [1.82, 2.24) is 40.1 Å². The Hall–Kier alpha value is -5.52. The van der Waals surface area contributed by atoms with E-state index in [1.807, 2.05) is 38.2 Å². The number of aromatic nitrogens is 5. The van der Waals surface area contributed by atoms with Crippen molar-refractivity contribution in [3.63, 3.8) is 0 Å². The average molecular weight is 969 g/mol. The number of nitrogens with two attached hydrogens (primary N) is 2. The van der Waals surface area contributed by atoms with Crippen LogP contribution in [0.1, 0.15) is 87.5 Å². The summed E-state index contributed by atoms with van der Waals surface area (Å²) in [7, 11) is 1.48. The summed E-state index contributed by atoms with van der Waals surface area (Å²) in [5, 5.41) is 36.0. The highest BCUT2D eigenvalue weighted by Gasteiger charge is 2.63. The summed E-state index contributed by atoms with van der Waals surface area (Å²) < 4.78 is 34.3. The van der Waals surface area contributed by atoms with Gasteiger partial charge in [-0.15, -0.1) is 5.10 Å². The molecule has 4 heterocycles. The molecule has 0 aliphatic carbocycles. The molecule has 8 N–H and O–H groups in total. The molecule has 0 radical (unpaired) electrons. The number of ketones is 1. The number of aliphatic hydroxyl groups is 1. The third-order valence-electron chi connectivity index (χ3n) is 13.3. The highest BCUT2D eigenvalue weighted by molar-refractivity contribution is 6.00. The van der Waals surface area contributed by atoms with Gasteiger partial charge in [-0.1, -0.05) is 45.0 Å². The highest BCUT2D eigenvalue weighted by atomic mass is 16.7. The number of ether oxygens (including phenoxy) is 5. The normalized spacial score (nSPS) is 28.5. The summed E-state index contributed by atoms with van der Waals surface area (Å²) in [6, 6.07) is 6.30. The first-order valence-electron chi connectivity index (χ1n) is 23.8. The van der Waals surface area contributed by atoms with Crippen molar-refractivity contribution in [2.75, 3.05) is 44.8 Å². The second kappa shape index (κ2) is 23.9. The number of methoxy groups -OCH3 is 1. The number of esters is 1. The zero-order valence-corrected chi connectivity index (χ0v) is 41.2. The number of rotatable bonds is 19. The smallest absolute Gasteiger partial charge is 0.412 e. The Kier molecular flexibility index (Phi) is 18.8. The molecule has 1 amide bonds. The van der Waals surface area contributed by atoms with Crippen LogP contribution in [-0.2, 0) is 50.3 Å². The second-order valence-electron chi connectivity index (χ2n) is 18.4. The summed E-state index contributed by atoms with van der Waals surface area (Å²) in [4.78, 5) is 74.6. The molecule has 22 heteroatoms. The number of amides is 1. The Bertz CT molecular complexity index is 2280. The molecule has 2 aromatic heterocycles. The number of aryl methyl sites for hydroxylation is 1. The molecule has 0 bridgehead atoms. The fourth-order valence-corrected chi connectivity index (χ4v) is 9.71. The number of Topliss-reactive ketones (excluding diaryl/α,β-unsaturated/α-hetero) is 1. The predicted octanol–water partition coefficient (Wildman–Crippen LogP) is 2.77. The van der Waals surface area contributed by atoms with E-state index in [1.54, 1.807) is 45.4 Å². The van der Waals surface area contributed by atoms with Crippen molar-refractivity contribution in [2.24, 2.45) is 17.8 Å². The number of carboxylic acids is 1. The van der Waals surface area contributed by atoms with Gasteiger partial charge in [0.15, 0.2) is 18.2 Å². The molecule has 2 unspecified atom stereocenters. The molecule has 3 aromatic rings. The van der Waals surface area contributed by atoms with E-state index in [2.05, 4.69) is 25.9 Å². The van der Waals surface area contributed by atoms with Gasteiger partial charge >= 0.3 is 23.7 Å². The van der Waals surface area contributed by atoms with Crippen LogP contribution in [0, 0.1) is 17.8 Å². The van der Waals surface area contributed by atoms with Gasteiger partial charge in [-0.05, 0) is 90.5 Å². The van der Waals surface area contributed by atoms with Crippen LogP contribution < -0.4 is 27.8 Å². The number of benzene rings is 1. The first-order valence-corrected chi connectivity index (χ1v) is 23.8. The lowest BCUT2D eigenvalue weighted by atomic mass is 9.78. The third kappa shape index (κ3) is 12.5. The van der Waals surface area contributed by atoms with E-state index in [0.29, 0.717) is 43.7 Å². The topological polar surface area (TPSA) is 300 Å². The zero-order valence-electron chi connectivity index (χ0n) is 41.2. The average Bonchev–Trinajstić information content (AvgIpc) is 3.91. The molecule has 2 saturated heterocycles. The number of aliphatic carboxylic acids is 1. The van der Waals surface area contributed by atoms with Gasteiger partial charge in [-0.25, -0.2) is 9.59 Å². The van der Waals surface area contributed by atoms with Gasteiger partial charge in [-0.2, -0.15) is 4.98 Å². The van der Waals surface area contributed by atoms with E-state index in [4.69, 9.17) is 35.2 Å². The summed E-state index contributed by atoms with van der Waals surface area (Å²) in [5.74, 6) is -5.50. The minimum atomic E-state index is -2.01. The number of nitrogens with zero attached hydrogens (tertiary/aromatic N) is 6. The number of aliphatic hydroxyl groups excluding tert-OH is 1. The van der Waals surface area contributed by atoms with Crippen LogP contribution in [0.5, 0.6) is 0 Å². The number of fused-ring (bicyclic) bond motifs is 1. The van der Waals surface area contributed by atoms with Crippen LogP contribution in [0.2, 0.25) is 0 Å².